The van der Waals surface area contributed by atoms with Gasteiger partial charge in [-0.05, 0) is 42.2 Å². The molecule has 1 aromatic rings. The normalized spacial score (nSPS) is 21.5. The number of amides is 1. The smallest absolute Gasteiger partial charge is 0.222 e. The van der Waals surface area contributed by atoms with Crippen LogP contribution in [-0.4, -0.2) is 48.3 Å². The summed E-state index contributed by atoms with van der Waals surface area (Å²) in [5.41, 5.74) is 3.04. The predicted octanol–water partition coefficient (Wildman–Crippen LogP) is 3.77. The number of likely N-dealkylation sites (tertiary alicyclic amines) is 2. The highest BCUT2D eigenvalue weighted by atomic mass is 127. The first kappa shape index (κ1) is 21.4. The molecule has 2 saturated heterocycles. The maximum absolute atomic E-state index is 12.0. The molecule has 0 aromatic heterocycles. The summed E-state index contributed by atoms with van der Waals surface area (Å²) in [5.74, 6) is 1.30. The van der Waals surface area contributed by atoms with E-state index in [2.05, 4.69) is 39.5 Å². The Kier molecular flexibility index (Phi) is 7.23. The minimum Gasteiger partial charge on any atom is -0.352 e. The average Bonchev–Trinajstić information content (AvgIpc) is 3.41. The van der Waals surface area contributed by atoms with Gasteiger partial charge in [-0.1, -0.05) is 37.1 Å². The summed E-state index contributed by atoms with van der Waals surface area (Å²) in [6.45, 7) is 4.63. The van der Waals surface area contributed by atoms with Gasteiger partial charge in [0.05, 0.1) is 0 Å². The Bertz CT molecular complexity index is 714. The van der Waals surface area contributed by atoms with Crippen molar-refractivity contribution < 1.29 is 4.79 Å². The molecule has 4 rings (SSSR count). The van der Waals surface area contributed by atoms with Crippen LogP contribution < -0.4 is 5.32 Å². The number of rotatable bonds is 4. The van der Waals surface area contributed by atoms with Gasteiger partial charge >= 0.3 is 0 Å². The molecule has 2 aliphatic heterocycles. The SMILES string of the molecule is CN=C(NCc1ccccc1CN1CCCC1=O)N1CCC2(CCCC2)C1.I. The standard InChI is InChI=1S/C22H32N4O.HI/c1-23-21(26-14-12-22(17-26)10-4-5-11-22)24-15-18-7-2-3-8-19(18)16-25-13-6-9-20(25)27;/h2-3,7-8H,4-6,9-17H2,1H3,(H,23,24);1H. The first-order valence-electron chi connectivity index (χ1n) is 10.5. The van der Waals surface area contributed by atoms with Crippen molar-refractivity contribution in [2.24, 2.45) is 10.4 Å². The molecule has 28 heavy (non-hydrogen) atoms. The van der Waals surface area contributed by atoms with Crippen molar-refractivity contribution in [3.63, 3.8) is 0 Å². The predicted molar refractivity (Wildman–Crippen MR) is 124 cm³/mol. The summed E-state index contributed by atoms with van der Waals surface area (Å²) < 4.78 is 0. The molecule has 1 saturated carbocycles. The molecule has 0 bridgehead atoms. The van der Waals surface area contributed by atoms with Gasteiger partial charge in [0.1, 0.15) is 0 Å². The summed E-state index contributed by atoms with van der Waals surface area (Å²) in [4.78, 5) is 21.0. The average molecular weight is 496 g/mol. The van der Waals surface area contributed by atoms with Crippen LogP contribution >= 0.6 is 24.0 Å². The van der Waals surface area contributed by atoms with E-state index >= 15 is 0 Å². The van der Waals surface area contributed by atoms with Gasteiger partial charge in [-0.15, -0.1) is 24.0 Å². The molecule has 2 heterocycles. The van der Waals surface area contributed by atoms with E-state index in [1.54, 1.807) is 0 Å². The maximum Gasteiger partial charge on any atom is 0.222 e. The highest BCUT2D eigenvalue weighted by Gasteiger charge is 2.41. The lowest BCUT2D eigenvalue weighted by molar-refractivity contribution is -0.128. The van der Waals surface area contributed by atoms with Crippen LogP contribution in [-0.2, 0) is 17.9 Å². The topological polar surface area (TPSA) is 47.9 Å². The quantitative estimate of drug-likeness (QED) is 0.392. The Labute approximate surface area is 186 Å². The highest BCUT2D eigenvalue weighted by molar-refractivity contribution is 14.0. The van der Waals surface area contributed by atoms with Crippen molar-refractivity contribution in [1.82, 2.24) is 15.1 Å². The second kappa shape index (κ2) is 9.46. The van der Waals surface area contributed by atoms with Gasteiger partial charge in [0, 0.05) is 46.2 Å². The molecule has 3 fully saturated rings. The third kappa shape index (κ3) is 4.63. The maximum atomic E-state index is 12.0. The summed E-state index contributed by atoms with van der Waals surface area (Å²) in [6, 6.07) is 8.46. The molecule has 1 amide bonds. The first-order valence-corrected chi connectivity index (χ1v) is 10.5. The Morgan fingerprint density at radius 2 is 1.86 bits per heavy atom. The number of carbonyl (C=O) groups is 1. The second-order valence-electron chi connectivity index (χ2n) is 8.47. The van der Waals surface area contributed by atoms with Gasteiger partial charge in [-0.2, -0.15) is 0 Å². The minimum atomic E-state index is 0. The largest absolute Gasteiger partial charge is 0.352 e. The monoisotopic (exact) mass is 496 g/mol. The van der Waals surface area contributed by atoms with E-state index in [0.29, 0.717) is 11.8 Å². The first-order chi connectivity index (χ1) is 13.2. The third-order valence-corrected chi connectivity index (χ3v) is 6.70. The fraction of sp³-hybridized carbons (Fsp3) is 0.636. The van der Waals surface area contributed by atoms with E-state index in [1.807, 2.05) is 11.9 Å². The van der Waals surface area contributed by atoms with Crippen molar-refractivity contribution in [2.45, 2.75) is 58.0 Å². The molecule has 1 spiro atoms. The number of hydrogen-bond acceptors (Lipinski definition) is 2. The fourth-order valence-corrected chi connectivity index (χ4v) is 5.12. The Hall–Kier alpha value is -1.31. The molecular formula is C22H33IN4O. The van der Waals surface area contributed by atoms with E-state index in [1.165, 1.54) is 43.2 Å². The van der Waals surface area contributed by atoms with Gasteiger partial charge in [0.2, 0.25) is 5.91 Å². The summed E-state index contributed by atoms with van der Waals surface area (Å²) in [5, 5.41) is 3.58. The summed E-state index contributed by atoms with van der Waals surface area (Å²) in [7, 11) is 1.89. The van der Waals surface area contributed by atoms with E-state index in [4.69, 9.17) is 0 Å². The molecule has 6 heteroatoms. The number of benzene rings is 1. The highest BCUT2D eigenvalue weighted by Crippen LogP contribution is 2.45. The number of aliphatic imine (C=N–C) groups is 1. The van der Waals surface area contributed by atoms with Crippen molar-refractivity contribution in [3.05, 3.63) is 35.4 Å². The molecule has 0 radical (unpaired) electrons. The van der Waals surface area contributed by atoms with Gasteiger partial charge in [0.25, 0.3) is 0 Å². The van der Waals surface area contributed by atoms with Crippen molar-refractivity contribution in [2.75, 3.05) is 26.7 Å². The van der Waals surface area contributed by atoms with Gasteiger partial charge in [-0.25, -0.2) is 0 Å². The van der Waals surface area contributed by atoms with Gasteiger partial charge < -0.3 is 15.1 Å². The molecule has 1 aromatic carbocycles. The van der Waals surface area contributed by atoms with Crippen molar-refractivity contribution >= 4 is 35.8 Å². The van der Waals surface area contributed by atoms with Crippen LogP contribution in [0.5, 0.6) is 0 Å². The number of nitrogens with one attached hydrogen (secondary N) is 1. The number of halogens is 1. The zero-order valence-electron chi connectivity index (χ0n) is 17.0. The zero-order valence-corrected chi connectivity index (χ0v) is 19.3. The van der Waals surface area contributed by atoms with Crippen LogP contribution in [0.2, 0.25) is 0 Å². The molecule has 0 unspecified atom stereocenters. The van der Waals surface area contributed by atoms with E-state index in [-0.39, 0.29) is 29.9 Å². The number of nitrogens with zero attached hydrogens (tertiary/aromatic N) is 3. The number of hydrogen-bond donors (Lipinski definition) is 1. The molecular weight excluding hydrogens is 463 g/mol. The van der Waals surface area contributed by atoms with Crippen LogP contribution in [0.3, 0.4) is 0 Å². The molecule has 5 nitrogen and oxygen atoms in total. The molecule has 1 N–H and O–H groups in total. The van der Waals surface area contributed by atoms with E-state index in [9.17, 15) is 4.79 Å². The van der Waals surface area contributed by atoms with Crippen LogP contribution in [0.4, 0.5) is 0 Å². The van der Waals surface area contributed by atoms with Crippen molar-refractivity contribution in [3.8, 4) is 0 Å². The van der Waals surface area contributed by atoms with Crippen LogP contribution in [0.1, 0.15) is 56.1 Å². The van der Waals surface area contributed by atoms with Crippen LogP contribution in [0.25, 0.3) is 0 Å². The third-order valence-electron chi connectivity index (χ3n) is 6.70. The fourth-order valence-electron chi connectivity index (χ4n) is 5.12. The number of guanidine groups is 1. The van der Waals surface area contributed by atoms with Crippen LogP contribution in [0, 0.1) is 5.41 Å². The molecule has 3 aliphatic rings. The van der Waals surface area contributed by atoms with Crippen LogP contribution in [0.15, 0.2) is 29.3 Å². The lowest BCUT2D eigenvalue weighted by Gasteiger charge is -2.26. The Morgan fingerprint density at radius 1 is 1.11 bits per heavy atom. The molecule has 1 aliphatic carbocycles. The Balaban J connectivity index is 0.00000225. The Morgan fingerprint density at radius 3 is 2.54 bits per heavy atom. The second-order valence-corrected chi connectivity index (χ2v) is 8.47. The van der Waals surface area contributed by atoms with Gasteiger partial charge in [0.15, 0.2) is 5.96 Å². The zero-order chi connectivity index (χ0) is 18.7. The lowest BCUT2D eigenvalue weighted by Crippen LogP contribution is -2.40. The molecule has 154 valence electrons. The van der Waals surface area contributed by atoms with Crippen molar-refractivity contribution in [1.29, 1.82) is 0 Å². The number of carbonyl (C=O) groups excluding carboxylic acids is 1. The summed E-state index contributed by atoms with van der Waals surface area (Å²) in [6.07, 6.45) is 8.54. The molecule has 0 atom stereocenters. The summed E-state index contributed by atoms with van der Waals surface area (Å²) >= 11 is 0. The van der Waals surface area contributed by atoms with E-state index in [0.717, 1.165) is 45.1 Å². The van der Waals surface area contributed by atoms with Gasteiger partial charge in [-0.3, -0.25) is 9.79 Å². The lowest BCUT2D eigenvalue weighted by atomic mass is 9.86. The minimum absolute atomic E-state index is 0. The van der Waals surface area contributed by atoms with E-state index < -0.39 is 0 Å².